The molecule has 33 heavy (non-hydrogen) atoms. The lowest BCUT2D eigenvalue weighted by atomic mass is 9.85. The maximum Gasteiger partial charge on any atom is 0.425 e. The van der Waals surface area contributed by atoms with Crippen LogP contribution >= 0.6 is 0 Å². The molecule has 3 rings (SSSR count). The predicted octanol–water partition coefficient (Wildman–Crippen LogP) is 4.40. The van der Waals surface area contributed by atoms with E-state index < -0.39 is 24.3 Å². The van der Waals surface area contributed by atoms with E-state index in [4.69, 9.17) is 5.11 Å². The number of carbonyl (C=O) groups is 2. The average molecular weight is 472 g/mol. The number of alkyl halides is 3. The summed E-state index contributed by atoms with van der Waals surface area (Å²) in [6.45, 7) is 5.58. The molecule has 2 saturated heterocycles. The van der Waals surface area contributed by atoms with Gasteiger partial charge in [-0.2, -0.15) is 13.2 Å². The zero-order chi connectivity index (χ0) is 24.2. The molecule has 1 aromatic carbocycles. The lowest BCUT2D eigenvalue weighted by molar-refractivity contribution is -0.200. The molecule has 2 aliphatic rings. The van der Waals surface area contributed by atoms with Crippen LogP contribution in [0.1, 0.15) is 50.2 Å². The van der Waals surface area contributed by atoms with Gasteiger partial charge in [-0.3, -0.25) is 9.69 Å². The number of nitrogens with one attached hydrogen (secondary N) is 1. The Labute approximate surface area is 191 Å². The Kier molecular flexibility index (Phi) is 7.76. The molecule has 1 unspecified atom stereocenters. The van der Waals surface area contributed by atoms with Crippen LogP contribution < -0.4 is 5.32 Å². The molecule has 2 heterocycles. The number of halogens is 3. The number of amides is 1. The maximum absolute atomic E-state index is 12.7. The Morgan fingerprint density at radius 3 is 2.52 bits per heavy atom. The normalized spacial score (nSPS) is 19.5. The number of rotatable bonds is 7. The molecule has 2 fully saturated rings. The Morgan fingerprint density at radius 1 is 1.18 bits per heavy atom. The van der Waals surface area contributed by atoms with E-state index in [1.54, 1.807) is 0 Å². The minimum Gasteiger partial charge on any atom is -0.481 e. The number of benzene rings is 1. The van der Waals surface area contributed by atoms with Crippen molar-refractivity contribution >= 4 is 17.7 Å². The van der Waals surface area contributed by atoms with Crippen LogP contribution in [0.15, 0.2) is 18.2 Å². The molecule has 0 saturated carbocycles. The number of anilines is 1. The highest BCUT2D eigenvalue weighted by Gasteiger charge is 2.45. The number of ether oxygens (including phenoxy) is 1. The van der Waals surface area contributed by atoms with E-state index in [-0.39, 0.29) is 12.0 Å². The average Bonchev–Trinajstić information content (AvgIpc) is 3.08. The van der Waals surface area contributed by atoms with Crippen molar-refractivity contribution in [1.82, 2.24) is 9.80 Å². The van der Waals surface area contributed by atoms with Gasteiger partial charge >= 0.3 is 18.2 Å². The maximum atomic E-state index is 12.7. The number of carboxylic acid groups (broad SMARTS) is 1. The van der Waals surface area contributed by atoms with Gasteiger partial charge in [-0.05, 0) is 69.3 Å². The monoisotopic (exact) mass is 471 g/mol. The van der Waals surface area contributed by atoms with Crippen LogP contribution in [0.2, 0.25) is 0 Å². The third-order valence-electron chi connectivity index (χ3n) is 6.61. The standard InChI is InChI=1S/C23H32F3N3O4/c1-16-12-18(14-19(13-16)27-8-4-20(30)31)15-29-9-3-5-22(29)6-10-28(11-7-22)21(32)33-17(2)23(24,25)26/h12-14,17,27H,3-11,15H2,1-2H3,(H,30,31). The van der Waals surface area contributed by atoms with E-state index in [1.807, 2.05) is 19.1 Å². The summed E-state index contributed by atoms with van der Waals surface area (Å²) >= 11 is 0. The predicted molar refractivity (Wildman–Crippen MR) is 117 cm³/mol. The summed E-state index contributed by atoms with van der Waals surface area (Å²) < 4.78 is 42.7. The summed E-state index contributed by atoms with van der Waals surface area (Å²) in [5.74, 6) is -0.850. The Bertz CT molecular complexity index is 854. The van der Waals surface area contributed by atoms with E-state index >= 15 is 0 Å². The minimum absolute atomic E-state index is 0.0409. The summed E-state index contributed by atoms with van der Waals surface area (Å²) in [5.41, 5.74) is 3.01. The van der Waals surface area contributed by atoms with Gasteiger partial charge in [0.2, 0.25) is 0 Å². The lowest BCUT2D eigenvalue weighted by Gasteiger charge is -2.45. The first-order valence-corrected chi connectivity index (χ1v) is 11.3. The number of nitrogens with zero attached hydrogens (tertiary/aromatic N) is 2. The van der Waals surface area contributed by atoms with Gasteiger partial charge in [0.25, 0.3) is 0 Å². The third kappa shape index (κ3) is 6.52. The first-order chi connectivity index (χ1) is 15.5. The van der Waals surface area contributed by atoms with Crippen molar-refractivity contribution in [3.8, 4) is 0 Å². The second-order valence-corrected chi connectivity index (χ2v) is 9.08. The summed E-state index contributed by atoms with van der Waals surface area (Å²) in [6.07, 6.45) is -4.15. The van der Waals surface area contributed by atoms with Crippen LogP contribution in [0.4, 0.5) is 23.7 Å². The van der Waals surface area contributed by atoms with Gasteiger partial charge in [0, 0.05) is 37.4 Å². The van der Waals surface area contributed by atoms with E-state index in [0.29, 0.717) is 32.5 Å². The highest BCUT2D eigenvalue weighted by molar-refractivity contribution is 5.68. The van der Waals surface area contributed by atoms with Crippen molar-refractivity contribution in [3.63, 3.8) is 0 Å². The van der Waals surface area contributed by atoms with Crippen molar-refractivity contribution in [1.29, 1.82) is 0 Å². The third-order valence-corrected chi connectivity index (χ3v) is 6.61. The first-order valence-electron chi connectivity index (χ1n) is 11.3. The van der Waals surface area contributed by atoms with Crippen molar-refractivity contribution in [2.75, 3.05) is 31.5 Å². The highest BCUT2D eigenvalue weighted by atomic mass is 19.4. The van der Waals surface area contributed by atoms with Crippen molar-refractivity contribution in [2.45, 2.75) is 70.3 Å². The number of hydrogen-bond acceptors (Lipinski definition) is 5. The summed E-state index contributed by atoms with van der Waals surface area (Å²) in [5, 5.41) is 12.0. The number of carboxylic acids is 1. The Morgan fingerprint density at radius 2 is 1.88 bits per heavy atom. The molecule has 2 N–H and O–H groups in total. The fourth-order valence-corrected chi connectivity index (χ4v) is 4.80. The molecule has 7 nitrogen and oxygen atoms in total. The lowest BCUT2D eigenvalue weighted by Crippen LogP contribution is -2.53. The van der Waals surface area contributed by atoms with Gasteiger partial charge in [0.05, 0.1) is 6.42 Å². The van der Waals surface area contributed by atoms with Gasteiger partial charge in [-0.1, -0.05) is 6.07 Å². The molecule has 0 aromatic heterocycles. The Balaban J connectivity index is 1.60. The number of aryl methyl sites for hydroxylation is 1. The van der Waals surface area contributed by atoms with Crippen LogP contribution in [0, 0.1) is 6.92 Å². The molecule has 0 radical (unpaired) electrons. The smallest absolute Gasteiger partial charge is 0.425 e. The van der Waals surface area contributed by atoms with E-state index in [2.05, 4.69) is 21.0 Å². The van der Waals surface area contributed by atoms with E-state index in [9.17, 15) is 22.8 Å². The molecule has 2 aliphatic heterocycles. The largest absolute Gasteiger partial charge is 0.481 e. The molecular formula is C23H32F3N3O4. The van der Waals surface area contributed by atoms with Crippen LogP contribution in [-0.2, 0) is 16.1 Å². The van der Waals surface area contributed by atoms with Gasteiger partial charge in [-0.25, -0.2) is 4.79 Å². The Hall–Kier alpha value is -2.49. The minimum atomic E-state index is -4.57. The van der Waals surface area contributed by atoms with Gasteiger partial charge < -0.3 is 20.1 Å². The van der Waals surface area contributed by atoms with Crippen LogP contribution in [-0.4, -0.2) is 71.0 Å². The molecule has 1 amide bonds. The summed E-state index contributed by atoms with van der Waals surface area (Å²) in [7, 11) is 0. The topological polar surface area (TPSA) is 82.1 Å². The molecule has 1 atom stereocenters. The fraction of sp³-hybridized carbons (Fsp3) is 0.652. The van der Waals surface area contributed by atoms with E-state index in [0.717, 1.165) is 49.7 Å². The van der Waals surface area contributed by atoms with Gasteiger partial charge in [0.1, 0.15) is 0 Å². The quantitative estimate of drug-likeness (QED) is 0.614. The molecule has 1 aromatic rings. The van der Waals surface area contributed by atoms with Crippen LogP contribution in [0.3, 0.4) is 0 Å². The van der Waals surface area contributed by atoms with Crippen molar-refractivity contribution in [2.24, 2.45) is 0 Å². The zero-order valence-electron chi connectivity index (χ0n) is 19.1. The van der Waals surface area contributed by atoms with Crippen molar-refractivity contribution in [3.05, 3.63) is 29.3 Å². The summed E-state index contributed by atoms with van der Waals surface area (Å²) in [6, 6.07) is 6.13. The second kappa shape index (κ2) is 10.2. The molecule has 10 heteroatoms. The van der Waals surface area contributed by atoms with Crippen LogP contribution in [0.25, 0.3) is 0 Å². The number of likely N-dealkylation sites (tertiary alicyclic amines) is 2. The molecular weight excluding hydrogens is 439 g/mol. The zero-order valence-corrected chi connectivity index (χ0v) is 19.1. The molecule has 1 spiro atoms. The first kappa shape index (κ1) is 25.1. The SMILES string of the molecule is Cc1cc(CN2CCCC23CCN(C(=O)OC(C)C(F)(F)F)CC3)cc(NCCC(=O)O)c1. The van der Waals surface area contributed by atoms with E-state index in [1.165, 1.54) is 4.90 Å². The van der Waals surface area contributed by atoms with Crippen LogP contribution in [0.5, 0.6) is 0 Å². The fourth-order valence-electron chi connectivity index (χ4n) is 4.80. The van der Waals surface area contributed by atoms with Crippen molar-refractivity contribution < 1.29 is 32.6 Å². The van der Waals surface area contributed by atoms with Gasteiger partial charge in [-0.15, -0.1) is 0 Å². The van der Waals surface area contributed by atoms with Gasteiger partial charge in [0.15, 0.2) is 6.10 Å². The number of hydrogen-bond donors (Lipinski definition) is 2. The highest BCUT2D eigenvalue weighted by Crippen LogP contribution is 2.40. The number of piperidine rings is 1. The molecule has 0 aliphatic carbocycles. The molecule has 0 bridgehead atoms. The number of aliphatic carboxylic acids is 1. The molecule has 184 valence electrons. The summed E-state index contributed by atoms with van der Waals surface area (Å²) in [4.78, 5) is 26.7. The number of carbonyl (C=O) groups excluding carboxylic acids is 1. The second-order valence-electron chi connectivity index (χ2n) is 9.08.